The van der Waals surface area contributed by atoms with E-state index in [-0.39, 0.29) is 5.54 Å². The highest BCUT2D eigenvalue weighted by Gasteiger charge is 2.32. The minimum absolute atomic E-state index is 0.149. The molecule has 2 aromatic rings. The average molecular weight is 292 g/mol. The lowest BCUT2D eigenvalue weighted by Crippen LogP contribution is -2.34. The number of hydrogen-bond acceptors (Lipinski definition) is 2. The van der Waals surface area contributed by atoms with E-state index in [0.717, 1.165) is 29.0 Å². The second kappa shape index (κ2) is 5.36. The van der Waals surface area contributed by atoms with E-state index < -0.39 is 0 Å². The Labute approximate surface area is 125 Å². The molecule has 0 bridgehead atoms. The number of aryl methyl sites for hydroxylation is 2. The van der Waals surface area contributed by atoms with Gasteiger partial charge in [-0.3, -0.25) is 0 Å². The molecule has 3 nitrogen and oxygen atoms in total. The lowest BCUT2D eigenvalue weighted by molar-refractivity contribution is 0.218. The first-order valence-corrected chi connectivity index (χ1v) is 8.08. The Morgan fingerprint density at radius 3 is 2.75 bits per heavy atom. The maximum absolute atomic E-state index is 5.98. The van der Waals surface area contributed by atoms with Gasteiger partial charge in [-0.05, 0) is 38.3 Å². The average Bonchev–Trinajstić information content (AvgIpc) is 2.77. The van der Waals surface area contributed by atoms with Gasteiger partial charge in [0.15, 0.2) is 5.65 Å². The standard InChI is InChI=1S/C16H22ClN3/c1-12-10-13-15(18-11-12)20(14(19-13)6-9-17)16(2)7-4-3-5-8-16/h10-11H,3-9H2,1-2H3. The highest BCUT2D eigenvalue weighted by atomic mass is 35.5. The molecule has 2 heterocycles. The molecule has 1 saturated carbocycles. The highest BCUT2D eigenvalue weighted by Crippen LogP contribution is 2.37. The molecule has 108 valence electrons. The molecule has 1 aliphatic carbocycles. The van der Waals surface area contributed by atoms with Crippen molar-refractivity contribution in [1.82, 2.24) is 14.5 Å². The number of nitrogens with zero attached hydrogens (tertiary/aromatic N) is 3. The number of rotatable bonds is 3. The van der Waals surface area contributed by atoms with E-state index in [1.807, 2.05) is 6.20 Å². The summed E-state index contributed by atoms with van der Waals surface area (Å²) in [6.45, 7) is 4.42. The first kappa shape index (κ1) is 13.9. The fourth-order valence-corrected chi connectivity index (χ4v) is 3.64. The third kappa shape index (κ3) is 2.32. The van der Waals surface area contributed by atoms with E-state index in [2.05, 4.69) is 29.5 Å². The predicted octanol–water partition coefficient (Wildman–Crippen LogP) is 4.20. The van der Waals surface area contributed by atoms with E-state index in [0.29, 0.717) is 5.88 Å². The van der Waals surface area contributed by atoms with Crippen LogP contribution in [-0.4, -0.2) is 20.4 Å². The van der Waals surface area contributed by atoms with Crippen molar-refractivity contribution in [1.29, 1.82) is 0 Å². The summed E-state index contributed by atoms with van der Waals surface area (Å²) < 4.78 is 2.38. The highest BCUT2D eigenvalue weighted by molar-refractivity contribution is 6.17. The van der Waals surface area contributed by atoms with E-state index >= 15 is 0 Å². The predicted molar refractivity (Wildman–Crippen MR) is 83.4 cm³/mol. The molecule has 0 amide bonds. The molecule has 0 unspecified atom stereocenters. The van der Waals surface area contributed by atoms with Crippen LogP contribution in [0.5, 0.6) is 0 Å². The molecule has 0 aliphatic heterocycles. The molecule has 2 aromatic heterocycles. The van der Waals surface area contributed by atoms with Gasteiger partial charge in [-0.1, -0.05) is 19.3 Å². The molecule has 20 heavy (non-hydrogen) atoms. The van der Waals surface area contributed by atoms with Crippen LogP contribution in [0.3, 0.4) is 0 Å². The van der Waals surface area contributed by atoms with Crippen LogP contribution in [0.1, 0.15) is 50.4 Å². The molecule has 0 N–H and O–H groups in total. The van der Waals surface area contributed by atoms with Crippen LogP contribution in [0.25, 0.3) is 11.2 Å². The van der Waals surface area contributed by atoms with Gasteiger partial charge in [0.25, 0.3) is 0 Å². The number of alkyl halides is 1. The smallest absolute Gasteiger partial charge is 0.160 e. The van der Waals surface area contributed by atoms with Gasteiger partial charge in [0.2, 0.25) is 0 Å². The minimum Gasteiger partial charge on any atom is -0.307 e. The molecule has 4 heteroatoms. The van der Waals surface area contributed by atoms with Gasteiger partial charge in [0.1, 0.15) is 11.3 Å². The zero-order valence-corrected chi connectivity index (χ0v) is 13.1. The van der Waals surface area contributed by atoms with Crippen LogP contribution < -0.4 is 0 Å². The fraction of sp³-hybridized carbons (Fsp3) is 0.625. The maximum atomic E-state index is 5.98. The van der Waals surface area contributed by atoms with Crippen molar-refractivity contribution in [3.8, 4) is 0 Å². The molecule has 1 fully saturated rings. The van der Waals surface area contributed by atoms with Crippen molar-refractivity contribution in [2.24, 2.45) is 0 Å². The number of imidazole rings is 1. The summed E-state index contributed by atoms with van der Waals surface area (Å²) in [5.41, 5.74) is 3.35. The van der Waals surface area contributed by atoms with E-state index in [9.17, 15) is 0 Å². The summed E-state index contributed by atoms with van der Waals surface area (Å²) in [6, 6.07) is 2.13. The van der Waals surface area contributed by atoms with Gasteiger partial charge in [0.05, 0.1) is 0 Å². The molecular formula is C16H22ClN3. The van der Waals surface area contributed by atoms with Crippen molar-refractivity contribution in [3.05, 3.63) is 23.7 Å². The van der Waals surface area contributed by atoms with Crippen LogP contribution in [0.4, 0.5) is 0 Å². The number of fused-ring (bicyclic) bond motifs is 1. The number of halogens is 1. The third-order valence-corrected chi connectivity index (χ3v) is 4.68. The van der Waals surface area contributed by atoms with Crippen molar-refractivity contribution < 1.29 is 0 Å². The molecule has 0 saturated heterocycles. The Balaban J connectivity index is 2.17. The van der Waals surface area contributed by atoms with Gasteiger partial charge >= 0.3 is 0 Å². The van der Waals surface area contributed by atoms with Gasteiger partial charge in [-0.15, -0.1) is 11.6 Å². The van der Waals surface area contributed by atoms with Crippen molar-refractivity contribution >= 4 is 22.8 Å². The van der Waals surface area contributed by atoms with Crippen LogP contribution in [0.15, 0.2) is 12.3 Å². The molecule has 0 spiro atoms. The van der Waals surface area contributed by atoms with Gasteiger partial charge in [0, 0.05) is 24.0 Å². The number of aromatic nitrogens is 3. The number of pyridine rings is 1. The summed E-state index contributed by atoms with van der Waals surface area (Å²) >= 11 is 5.98. The van der Waals surface area contributed by atoms with Crippen LogP contribution in [0, 0.1) is 6.92 Å². The van der Waals surface area contributed by atoms with Crippen molar-refractivity contribution in [3.63, 3.8) is 0 Å². The molecule has 1 aliphatic rings. The van der Waals surface area contributed by atoms with E-state index in [4.69, 9.17) is 16.6 Å². The Bertz CT molecular complexity index is 611. The van der Waals surface area contributed by atoms with Crippen LogP contribution in [0.2, 0.25) is 0 Å². The summed E-state index contributed by atoms with van der Waals surface area (Å²) in [5.74, 6) is 1.70. The Morgan fingerprint density at radius 2 is 2.05 bits per heavy atom. The summed E-state index contributed by atoms with van der Waals surface area (Å²) in [6.07, 6.45) is 9.11. The second-order valence-corrected chi connectivity index (χ2v) is 6.59. The molecule has 0 radical (unpaired) electrons. The lowest BCUT2D eigenvalue weighted by atomic mass is 9.83. The van der Waals surface area contributed by atoms with Crippen molar-refractivity contribution in [2.75, 3.05) is 5.88 Å². The molecule has 3 rings (SSSR count). The minimum atomic E-state index is 0.149. The van der Waals surface area contributed by atoms with Gasteiger partial charge in [-0.25, -0.2) is 9.97 Å². The Hall–Kier alpha value is -1.09. The zero-order valence-electron chi connectivity index (χ0n) is 12.3. The normalized spacial score (nSPS) is 18.6. The largest absolute Gasteiger partial charge is 0.307 e. The van der Waals surface area contributed by atoms with Crippen molar-refractivity contribution in [2.45, 2.75) is 57.9 Å². The Morgan fingerprint density at radius 1 is 1.30 bits per heavy atom. The topological polar surface area (TPSA) is 30.7 Å². The van der Waals surface area contributed by atoms with Crippen LogP contribution in [-0.2, 0) is 12.0 Å². The van der Waals surface area contributed by atoms with E-state index in [1.54, 1.807) is 0 Å². The Kier molecular flexibility index (Phi) is 3.72. The quantitative estimate of drug-likeness (QED) is 0.794. The first-order valence-electron chi connectivity index (χ1n) is 7.54. The maximum Gasteiger partial charge on any atom is 0.160 e. The zero-order chi connectivity index (χ0) is 14.2. The summed E-state index contributed by atoms with van der Waals surface area (Å²) in [7, 11) is 0. The second-order valence-electron chi connectivity index (χ2n) is 6.22. The first-order chi connectivity index (χ1) is 9.64. The molecule has 0 aromatic carbocycles. The molecule has 0 atom stereocenters. The van der Waals surface area contributed by atoms with E-state index in [1.165, 1.54) is 32.1 Å². The lowest BCUT2D eigenvalue weighted by Gasteiger charge is -2.36. The summed E-state index contributed by atoms with van der Waals surface area (Å²) in [4.78, 5) is 9.46. The molecular weight excluding hydrogens is 270 g/mol. The van der Waals surface area contributed by atoms with Crippen LogP contribution >= 0.6 is 11.6 Å². The third-order valence-electron chi connectivity index (χ3n) is 4.49. The monoisotopic (exact) mass is 291 g/mol. The van der Waals surface area contributed by atoms with Gasteiger partial charge in [-0.2, -0.15) is 0 Å². The SMILES string of the molecule is Cc1cnc2c(c1)nc(CCCl)n2C1(C)CCCCC1. The number of hydrogen-bond donors (Lipinski definition) is 0. The summed E-state index contributed by atoms with van der Waals surface area (Å²) in [5, 5.41) is 0. The van der Waals surface area contributed by atoms with Gasteiger partial charge < -0.3 is 4.57 Å². The fourth-order valence-electron chi connectivity index (χ4n) is 3.47.